The monoisotopic (exact) mass is 166 g/mol. The van der Waals surface area contributed by atoms with Crippen molar-refractivity contribution in [2.24, 2.45) is 0 Å². The quantitative estimate of drug-likeness (QED) is 0.633. The fourth-order valence-corrected chi connectivity index (χ4v) is 0.946. The van der Waals surface area contributed by atoms with E-state index in [0.717, 1.165) is 11.3 Å². The Morgan fingerprint density at radius 2 is 2.17 bits per heavy atom. The molecule has 3 heteroatoms. The fraction of sp³-hybridized carbons (Fsp3) is 0.222. The lowest BCUT2D eigenvalue weighted by atomic mass is 10.2. The number of carbonyl (C=O) groups is 1. The van der Waals surface area contributed by atoms with Gasteiger partial charge in [-0.2, -0.15) is 0 Å². The van der Waals surface area contributed by atoms with Gasteiger partial charge in [0, 0.05) is 5.56 Å². The summed E-state index contributed by atoms with van der Waals surface area (Å²) in [6, 6.07) is 7.40. The highest BCUT2D eigenvalue weighted by Gasteiger charge is 1.99. The molecule has 0 heterocycles. The Morgan fingerprint density at radius 3 is 2.83 bits per heavy atom. The molecule has 0 atom stereocenters. The van der Waals surface area contributed by atoms with E-state index in [1.54, 1.807) is 7.11 Å². The molecule has 0 fully saturated rings. The van der Waals surface area contributed by atoms with Crippen LogP contribution in [0, 0.1) is 0 Å². The molecule has 1 aromatic rings. The second kappa shape index (κ2) is 4.38. The van der Waals surface area contributed by atoms with Gasteiger partial charge in [-0.05, 0) is 6.07 Å². The summed E-state index contributed by atoms with van der Waals surface area (Å²) in [6.45, 7) is 0.681. The molecule has 0 saturated carbocycles. The molecular formula is C9H10O3. The van der Waals surface area contributed by atoms with Gasteiger partial charge in [-0.1, -0.05) is 18.2 Å². The van der Waals surface area contributed by atoms with Crippen molar-refractivity contribution in [2.45, 2.75) is 6.61 Å². The number of methoxy groups -OCH3 is 1. The van der Waals surface area contributed by atoms with Crippen LogP contribution in [-0.4, -0.2) is 13.6 Å². The SMILES string of the molecule is COc1ccccc1COC=O. The summed E-state index contributed by atoms with van der Waals surface area (Å²) in [6.07, 6.45) is 0. The summed E-state index contributed by atoms with van der Waals surface area (Å²) in [7, 11) is 1.58. The van der Waals surface area contributed by atoms with Gasteiger partial charge in [-0.3, -0.25) is 4.79 Å². The minimum atomic E-state index is 0.257. The molecule has 0 N–H and O–H groups in total. The molecule has 1 rings (SSSR count). The number of benzene rings is 1. The maximum Gasteiger partial charge on any atom is 0.293 e. The van der Waals surface area contributed by atoms with E-state index in [0.29, 0.717) is 6.47 Å². The lowest BCUT2D eigenvalue weighted by Crippen LogP contribution is -1.94. The van der Waals surface area contributed by atoms with E-state index in [9.17, 15) is 4.79 Å². The first-order chi connectivity index (χ1) is 5.88. The van der Waals surface area contributed by atoms with Crippen LogP contribution < -0.4 is 4.74 Å². The van der Waals surface area contributed by atoms with E-state index in [-0.39, 0.29) is 6.61 Å². The fourth-order valence-electron chi connectivity index (χ4n) is 0.946. The van der Waals surface area contributed by atoms with Crippen LogP contribution in [0.15, 0.2) is 24.3 Å². The zero-order chi connectivity index (χ0) is 8.81. The molecule has 0 bridgehead atoms. The molecular weight excluding hydrogens is 156 g/mol. The van der Waals surface area contributed by atoms with Gasteiger partial charge < -0.3 is 9.47 Å². The highest BCUT2D eigenvalue weighted by Crippen LogP contribution is 2.17. The van der Waals surface area contributed by atoms with Crippen molar-refractivity contribution < 1.29 is 14.3 Å². The Hall–Kier alpha value is -1.51. The van der Waals surface area contributed by atoms with Gasteiger partial charge in [0.05, 0.1) is 7.11 Å². The Morgan fingerprint density at radius 1 is 1.42 bits per heavy atom. The molecule has 3 nitrogen and oxygen atoms in total. The molecule has 0 aliphatic rings. The Bertz CT molecular complexity index is 258. The number of hydrogen-bond acceptors (Lipinski definition) is 3. The standard InChI is InChI=1S/C9H10O3/c1-11-9-5-3-2-4-8(9)6-12-7-10/h2-5,7H,6H2,1H3. The van der Waals surface area contributed by atoms with Crippen molar-refractivity contribution in [3.05, 3.63) is 29.8 Å². The average Bonchev–Trinajstić information content (AvgIpc) is 2.15. The predicted octanol–water partition coefficient (Wildman–Crippen LogP) is 1.37. The number of rotatable bonds is 4. The molecule has 1 aromatic carbocycles. The molecule has 0 radical (unpaired) electrons. The van der Waals surface area contributed by atoms with Gasteiger partial charge in [-0.15, -0.1) is 0 Å². The molecule has 12 heavy (non-hydrogen) atoms. The second-order valence-electron chi connectivity index (χ2n) is 2.22. The minimum Gasteiger partial charge on any atom is -0.496 e. The highest BCUT2D eigenvalue weighted by molar-refractivity contribution is 5.39. The summed E-state index contributed by atoms with van der Waals surface area (Å²) in [4.78, 5) is 9.91. The zero-order valence-corrected chi connectivity index (χ0v) is 6.82. The van der Waals surface area contributed by atoms with Gasteiger partial charge in [0.2, 0.25) is 0 Å². The van der Waals surface area contributed by atoms with Crippen molar-refractivity contribution in [1.29, 1.82) is 0 Å². The normalized spacial score (nSPS) is 9.08. The van der Waals surface area contributed by atoms with Crippen LogP contribution in [0.2, 0.25) is 0 Å². The summed E-state index contributed by atoms with van der Waals surface area (Å²) >= 11 is 0. The van der Waals surface area contributed by atoms with E-state index in [4.69, 9.17) is 4.74 Å². The van der Waals surface area contributed by atoms with Gasteiger partial charge in [0.1, 0.15) is 12.4 Å². The van der Waals surface area contributed by atoms with Crippen molar-refractivity contribution in [1.82, 2.24) is 0 Å². The number of carbonyl (C=O) groups excluding carboxylic acids is 1. The third kappa shape index (κ3) is 1.99. The van der Waals surface area contributed by atoms with Crippen LogP contribution in [0.5, 0.6) is 5.75 Å². The van der Waals surface area contributed by atoms with E-state index in [1.165, 1.54) is 0 Å². The Kier molecular flexibility index (Phi) is 3.14. The van der Waals surface area contributed by atoms with Crippen molar-refractivity contribution in [3.8, 4) is 5.75 Å². The molecule has 0 unspecified atom stereocenters. The largest absolute Gasteiger partial charge is 0.496 e. The maximum absolute atomic E-state index is 9.91. The molecule has 0 aliphatic carbocycles. The van der Waals surface area contributed by atoms with Crippen molar-refractivity contribution in [2.75, 3.05) is 7.11 Å². The average molecular weight is 166 g/mol. The van der Waals surface area contributed by atoms with Gasteiger partial charge in [0.25, 0.3) is 6.47 Å². The first-order valence-electron chi connectivity index (χ1n) is 3.55. The van der Waals surface area contributed by atoms with Gasteiger partial charge in [0.15, 0.2) is 0 Å². The number of ether oxygens (including phenoxy) is 2. The molecule has 0 saturated heterocycles. The highest BCUT2D eigenvalue weighted by atomic mass is 16.5. The van der Waals surface area contributed by atoms with Gasteiger partial charge >= 0.3 is 0 Å². The third-order valence-corrected chi connectivity index (χ3v) is 1.50. The van der Waals surface area contributed by atoms with Crippen LogP contribution in [-0.2, 0) is 16.1 Å². The van der Waals surface area contributed by atoms with Crippen molar-refractivity contribution >= 4 is 6.47 Å². The molecule has 0 aliphatic heterocycles. The second-order valence-corrected chi connectivity index (χ2v) is 2.22. The lowest BCUT2D eigenvalue weighted by molar-refractivity contribution is -0.129. The first kappa shape index (κ1) is 8.59. The smallest absolute Gasteiger partial charge is 0.293 e. The zero-order valence-electron chi connectivity index (χ0n) is 6.82. The molecule has 0 aromatic heterocycles. The van der Waals surface area contributed by atoms with Crippen LogP contribution in [0.1, 0.15) is 5.56 Å². The van der Waals surface area contributed by atoms with Crippen molar-refractivity contribution in [3.63, 3.8) is 0 Å². The Balaban J connectivity index is 2.74. The molecule has 0 amide bonds. The summed E-state index contributed by atoms with van der Waals surface area (Å²) < 4.78 is 9.65. The van der Waals surface area contributed by atoms with Crippen LogP contribution in [0.4, 0.5) is 0 Å². The topological polar surface area (TPSA) is 35.5 Å². The molecule has 0 spiro atoms. The lowest BCUT2D eigenvalue weighted by Gasteiger charge is -2.05. The van der Waals surface area contributed by atoms with E-state index in [1.807, 2.05) is 24.3 Å². The summed E-state index contributed by atoms with van der Waals surface area (Å²) in [5.41, 5.74) is 0.868. The number of para-hydroxylation sites is 1. The van der Waals surface area contributed by atoms with Gasteiger partial charge in [-0.25, -0.2) is 0 Å². The number of hydrogen-bond donors (Lipinski definition) is 0. The van der Waals surface area contributed by atoms with E-state index in [2.05, 4.69) is 4.74 Å². The van der Waals surface area contributed by atoms with Crippen LogP contribution >= 0.6 is 0 Å². The first-order valence-corrected chi connectivity index (χ1v) is 3.55. The Labute approximate surface area is 70.9 Å². The molecule has 64 valence electrons. The van der Waals surface area contributed by atoms with Crippen LogP contribution in [0.3, 0.4) is 0 Å². The van der Waals surface area contributed by atoms with E-state index < -0.39 is 0 Å². The minimum absolute atomic E-state index is 0.257. The predicted molar refractivity (Wildman–Crippen MR) is 43.8 cm³/mol. The maximum atomic E-state index is 9.91. The van der Waals surface area contributed by atoms with E-state index >= 15 is 0 Å². The van der Waals surface area contributed by atoms with Crippen LogP contribution in [0.25, 0.3) is 0 Å². The third-order valence-electron chi connectivity index (χ3n) is 1.50. The summed E-state index contributed by atoms with van der Waals surface area (Å²) in [5, 5.41) is 0. The summed E-state index contributed by atoms with van der Waals surface area (Å²) in [5.74, 6) is 0.736.